The van der Waals surface area contributed by atoms with Crippen LogP contribution in [0.3, 0.4) is 0 Å². The molecule has 0 unspecified atom stereocenters. The fourth-order valence-corrected chi connectivity index (χ4v) is 2.52. The molecule has 0 aliphatic carbocycles. The van der Waals surface area contributed by atoms with E-state index >= 15 is 0 Å². The van der Waals surface area contributed by atoms with E-state index in [4.69, 9.17) is 10.5 Å². The summed E-state index contributed by atoms with van der Waals surface area (Å²) in [6.45, 7) is 1.85. The molecule has 1 aromatic heterocycles. The van der Waals surface area contributed by atoms with Crippen LogP contribution in [0.2, 0.25) is 0 Å². The summed E-state index contributed by atoms with van der Waals surface area (Å²) in [5.41, 5.74) is 9.80. The molecule has 0 saturated carbocycles. The molecule has 0 saturated heterocycles. The topological polar surface area (TPSA) is 48.1 Å². The third-order valence-corrected chi connectivity index (χ3v) is 3.67. The summed E-state index contributed by atoms with van der Waals surface area (Å²) in [6, 6.07) is 8.09. The molecule has 2 aromatic carbocycles. The highest BCUT2D eigenvalue weighted by Gasteiger charge is 2.10. The van der Waals surface area contributed by atoms with Crippen LogP contribution in [-0.2, 0) is 0 Å². The monoisotopic (exact) mass is 274 g/mol. The molecule has 96 valence electrons. The van der Waals surface area contributed by atoms with Crippen molar-refractivity contribution in [1.82, 2.24) is 4.98 Å². The Bertz CT molecular complexity index is 754. The van der Waals surface area contributed by atoms with E-state index in [0.717, 1.165) is 15.8 Å². The lowest BCUT2D eigenvalue weighted by molar-refractivity contribution is 0.475. The number of nitrogen functional groups attached to an aromatic ring is 1. The molecule has 0 amide bonds. The molecular weight excluding hydrogens is 263 g/mol. The van der Waals surface area contributed by atoms with Crippen LogP contribution in [0.25, 0.3) is 10.2 Å². The van der Waals surface area contributed by atoms with Crippen molar-refractivity contribution in [2.75, 3.05) is 5.73 Å². The number of nitrogens with zero attached hydrogens (tertiary/aromatic N) is 1. The molecule has 5 heteroatoms. The second kappa shape index (κ2) is 4.51. The first kappa shape index (κ1) is 11.9. The van der Waals surface area contributed by atoms with Gasteiger partial charge in [0.15, 0.2) is 5.75 Å². The lowest BCUT2D eigenvalue weighted by atomic mass is 10.2. The molecular formula is C14H11FN2OS. The first-order chi connectivity index (χ1) is 9.15. The van der Waals surface area contributed by atoms with E-state index in [-0.39, 0.29) is 5.82 Å². The van der Waals surface area contributed by atoms with Crippen LogP contribution < -0.4 is 10.5 Å². The van der Waals surface area contributed by atoms with Crippen LogP contribution in [-0.4, -0.2) is 4.98 Å². The van der Waals surface area contributed by atoms with Crippen molar-refractivity contribution in [2.45, 2.75) is 6.92 Å². The van der Waals surface area contributed by atoms with Gasteiger partial charge < -0.3 is 10.5 Å². The maximum Gasteiger partial charge on any atom is 0.152 e. The van der Waals surface area contributed by atoms with Crippen molar-refractivity contribution in [2.24, 2.45) is 0 Å². The Labute approximate surface area is 113 Å². The molecule has 1 heterocycles. The predicted molar refractivity (Wildman–Crippen MR) is 75.2 cm³/mol. The molecule has 0 bridgehead atoms. The van der Waals surface area contributed by atoms with Gasteiger partial charge in [0.25, 0.3) is 0 Å². The number of benzene rings is 2. The summed E-state index contributed by atoms with van der Waals surface area (Å²) in [5, 5.41) is 0. The maximum absolute atomic E-state index is 13.2. The van der Waals surface area contributed by atoms with Gasteiger partial charge in [0, 0.05) is 6.07 Å². The first-order valence-electron chi connectivity index (χ1n) is 5.71. The molecule has 0 aliphatic rings. The fourth-order valence-electron chi connectivity index (χ4n) is 1.82. The lowest BCUT2D eigenvalue weighted by Crippen LogP contribution is -1.95. The van der Waals surface area contributed by atoms with Gasteiger partial charge in [0.2, 0.25) is 0 Å². The Balaban J connectivity index is 2.05. The minimum Gasteiger partial charge on any atom is -0.455 e. The normalized spacial score (nSPS) is 10.8. The molecule has 3 aromatic rings. The lowest BCUT2D eigenvalue weighted by Gasteiger charge is -2.11. The van der Waals surface area contributed by atoms with Gasteiger partial charge in [-0.15, -0.1) is 11.3 Å². The van der Waals surface area contributed by atoms with Gasteiger partial charge in [0.1, 0.15) is 22.8 Å². The van der Waals surface area contributed by atoms with E-state index in [1.807, 2.05) is 13.0 Å². The zero-order valence-corrected chi connectivity index (χ0v) is 11.0. The second-order valence-corrected chi connectivity index (χ2v) is 5.07. The minimum absolute atomic E-state index is 0.339. The summed E-state index contributed by atoms with van der Waals surface area (Å²) in [6.07, 6.45) is 0. The first-order valence-corrected chi connectivity index (χ1v) is 6.59. The number of hydrogen-bond acceptors (Lipinski definition) is 4. The molecule has 0 radical (unpaired) electrons. The largest absolute Gasteiger partial charge is 0.455 e. The van der Waals surface area contributed by atoms with Crippen LogP contribution in [0.1, 0.15) is 5.56 Å². The highest BCUT2D eigenvalue weighted by molar-refractivity contribution is 7.16. The van der Waals surface area contributed by atoms with Crippen molar-refractivity contribution >= 4 is 27.2 Å². The highest BCUT2D eigenvalue weighted by atomic mass is 32.1. The molecule has 2 N–H and O–H groups in total. The zero-order chi connectivity index (χ0) is 13.4. The predicted octanol–water partition coefficient (Wildman–Crippen LogP) is 4.12. The number of ether oxygens (including phenoxy) is 1. The average molecular weight is 274 g/mol. The van der Waals surface area contributed by atoms with Crippen LogP contribution in [0.15, 0.2) is 35.8 Å². The Hall–Kier alpha value is -2.14. The van der Waals surface area contributed by atoms with E-state index in [1.165, 1.54) is 23.5 Å². The van der Waals surface area contributed by atoms with Crippen LogP contribution in [0, 0.1) is 12.7 Å². The number of hydrogen-bond donors (Lipinski definition) is 1. The Morgan fingerprint density at radius 2 is 2.05 bits per heavy atom. The van der Waals surface area contributed by atoms with Gasteiger partial charge >= 0.3 is 0 Å². The number of aryl methyl sites for hydroxylation is 1. The molecule has 3 nitrogen and oxygen atoms in total. The van der Waals surface area contributed by atoms with Crippen molar-refractivity contribution in [1.29, 1.82) is 0 Å². The number of anilines is 1. The number of rotatable bonds is 2. The quantitative estimate of drug-likeness (QED) is 0.715. The van der Waals surface area contributed by atoms with E-state index in [2.05, 4.69) is 4.98 Å². The minimum atomic E-state index is -0.339. The van der Waals surface area contributed by atoms with Gasteiger partial charge in [-0.1, -0.05) is 6.07 Å². The van der Waals surface area contributed by atoms with E-state index < -0.39 is 0 Å². The number of fused-ring (bicyclic) bond motifs is 1. The molecule has 0 atom stereocenters. The van der Waals surface area contributed by atoms with Gasteiger partial charge in [-0.2, -0.15) is 0 Å². The molecule has 0 spiro atoms. The molecule has 19 heavy (non-hydrogen) atoms. The fraction of sp³-hybridized carbons (Fsp3) is 0.0714. The van der Waals surface area contributed by atoms with Gasteiger partial charge in [-0.25, -0.2) is 9.37 Å². The van der Waals surface area contributed by atoms with Gasteiger partial charge in [-0.05, 0) is 30.7 Å². The summed E-state index contributed by atoms with van der Waals surface area (Å²) in [5.74, 6) is 0.613. The summed E-state index contributed by atoms with van der Waals surface area (Å²) < 4.78 is 19.9. The molecule has 0 aliphatic heterocycles. The SMILES string of the molecule is Cc1ccc(F)cc1Oc1ccc2scnc2c1N. The van der Waals surface area contributed by atoms with E-state index in [0.29, 0.717) is 17.2 Å². The highest BCUT2D eigenvalue weighted by Crippen LogP contribution is 2.35. The van der Waals surface area contributed by atoms with Crippen molar-refractivity contribution < 1.29 is 9.13 Å². The van der Waals surface area contributed by atoms with E-state index in [1.54, 1.807) is 17.6 Å². The Morgan fingerprint density at radius 3 is 2.89 bits per heavy atom. The number of aromatic nitrogens is 1. The second-order valence-electron chi connectivity index (χ2n) is 4.19. The third-order valence-electron chi connectivity index (χ3n) is 2.87. The molecule has 3 rings (SSSR count). The molecule has 0 fully saturated rings. The Morgan fingerprint density at radius 1 is 1.21 bits per heavy atom. The average Bonchev–Trinajstić information content (AvgIpc) is 2.86. The summed E-state index contributed by atoms with van der Waals surface area (Å²) in [4.78, 5) is 4.20. The van der Waals surface area contributed by atoms with Crippen LogP contribution in [0.5, 0.6) is 11.5 Å². The van der Waals surface area contributed by atoms with Crippen LogP contribution >= 0.6 is 11.3 Å². The maximum atomic E-state index is 13.2. The smallest absolute Gasteiger partial charge is 0.152 e. The van der Waals surface area contributed by atoms with E-state index in [9.17, 15) is 4.39 Å². The summed E-state index contributed by atoms with van der Waals surface area (Å²) in [7, 11) is 0. The van der Waals surface area contributed by atoms with Crippen molar-refractivity contribution in [3.05, 3.63) is 47.2 Å². The van der Waals surface area contributed by atoms with Gasteiger partial charge in [-0.3, -0.25) is 0 Å². The number of nitrogens with two attached hydrogens (primary N) is 1. The third kappa shape index (κ3) is 2.13. The number of thiazole rings is 1. The standard InChI is InChI=1S/C14H11FN2OS/c1-8-2-3-9(15)6-11(8)18-10-4-5-12-14(13(10)16)17-7-19-12/h2-7H,16H2,1H3. The van der Waals surface area contributed by atoms with Gasteiger partial charge in [0.05, 0.1) is 10.2 Å². The van der Waals surface area contributed by atoms with Crippen molar-refractivity contribution in [3.8, 4) is 11.5 Å². The summed E-state index contributed by atoms with van der Waals surface area (Å²) >= 11 is 1.52. The Kier molecular flexibility index (Phi) is 2.83. The number of halogens is 1. The zero-order valence-electron chi connectivity index (χ0n) is 10.2. The van der Waals surface area contributed by atoms with Crippen molar-refractivity contribution in [3.63, 3.8) is 0 Å². The van der Waals surface area contributed by atoms with Crippen LogP contribution in [0.4, 0.5) is 10.1 Å².